The van der Waals surface area contributed by atoms with Gasteiger partial charge >= 0.3 is 0 Å². The zero-order valence-corrected chi connectivity index (χ0v) is 11.6. The van der Waals surface area contributed by atoms with E-state index in [0.29, 0.717) is 6.42 Å². The van der Waals surface area contributed by atoms with E-state index in [1.807, 2.05) is 13.8 Å². The predicted octanol–water partition coefficient (Wildman–Crippen LogP) is 2.20. The maximum absolute atomic E-state index is 13.6. The minimum atomic E-state index is -0.595. The fraction of sp³-hybridized carbons (Fsp3) is 0.533. The van der Waals surface area contributed by atoms with Gasteiger partial charge in [0, 0.05) is 12.5 Å². The van der Waals surface area contributed by atoms with Gasteiger partial charge in [0.25, 0.3) is 0 Å². The second-order valence-corrected chi connectivity index (χ2v) is 5.67. The molecule has 20 heavy (non-hydrogen) atoms. The molecule has 3 atom stereocenters. The minimum absolute atomic E-state index is 0.0611. The Morgan fingerprint density at radius 1 is 1.45 bits per heavy atom. The Balaban J connectivity index is 1.91. The van der Waals surface area contributed by atoms with Crippen LogP contribution < -0.4 is 5.32 Å². The van der Waals surface area contributed by atoms with Crippen LogP contribution in [0.5, 0.6) is 0 Å². The molecule has 1 fully saturated rings. The van der Waals surface area contributed by atoms with Gasteiger partial charge in [-0.3, -0.25) is 4.79 Å². The highest BCUT2D eigenvalue weighted by molar-refractivity contribution is 5.82. The van der Waals surface area contributed by atoms with Crippen molar-refractivity contribution in [3.63, 3.8) is 0 Å². The Morgan fingerprint density at radius 2 is 2.15 bits per heavy atom. The number of hydrogen-bond donors (Lipinski definition) is 2. The molecule has 0 aromatic heterocycles. The summed E-state index contributed by atoms with van der Waals surface area (Å²) in [7, 11) is 0. The van der Waals surface area contributed by atoms with Gasteiger partial charge in [-0.05, 0) is 42.0 Å². The third-order valence-electron chi connectivity index (χ3n) is 3.74. The maximum Gasteiger partial charge on any atom is 0.223 e. The van der Waals surface area contributed by atoms with Crippen LogP contribution in [0, 0.1) is 23.5 Å². The van der Waals surface area contributed by atoms with Crippen molar-refractivity contribution in [3.05, 3.63) is 35.4 Å². The summed E-state index contributed by atoms with van der Waals surface area (Å²) >= 11 is 0. The van der Waals surface area contributed by atoms with E-state index in [4.69, 9.17) is 0 Å². The largest absolute Gasteiger partial charge is 0.391 e. The second-order valence-electron chi connectivity index (χ2n) is 5.67. The summed E-state index contributed by atoms with van der Waals surface area (Å²) in [4.78, 5) is 11.9. The van der Waals surface area contributed by atoms with E-state index in [1.165, 1.54) is 0 Å². The molecule has 0 bridgehead atoms. The molecular weight excluding hydrogens is 264 g/mol. The van der Waals surface area contributed by atoms with E-state index < -0.39 is 17.7 Å². The van der Waals surface area contributed by atoms with Gasteiger partial charge < -0.3 is 10.4 Å². The highest BCUT2D eigenvalue weighted by Gasteiger charge is 2.45. The van der Waals surface area contributed by atoms with E-state index in [9.17, 15) is 18.7 Å². The lowest BCUT2D eigenvalue weighted by Gasteiger charge is -2.15. The Morgan fingerprint density at radius 3 is 2.80 bits per heavy atom. The third kappa shape index (κ3) is 3.33. The summed E-state index contributed by atoms with van der Waals surface area (Å²) < 4.78 is 26.7. The van der Waals surface area contributed by atoms with Gasteiger partial charge in [-0.25, -0.2) is 8.78 Å². The molecule has 1 aromatic carbocycles. The van der Waals surface area contributed by atoms with Crippen LogP contribution in [0.25, 0.3) is 0 Å². The average Bonchev–Trinajstić information content (AvgIpc) is 3.18. The van der Waals surface area contributed by atoms with Gasteiger partial charge in [-0.2, -0.15) is 0 Å². The smallest absolute Gasteiger partial charge is 0.223 e. The Bertz CT molecular complexity index is 505. The third-order valence-corrected chi connectivity index (χ3v) is 3.74. The first-order valence-corrected chi connectivity index (χ1v) is 6.81. The molecule has 0 radical (unpaired) electrons. The standard InChI is InChI=1S/C15H19F2NO2/c1-8(2)14(19)7-18-15(20)12-6-10(12)11-5-9(16)3-4-13(11)17/h3-5,8,10,12,14,19H,6-7H2,1-2H3,(H,18,20). The van der Waals surface area contributed by atoms with Crippen molar-refractivity contribution in [2.75, 3.05) is 6.54 Å². The fourth-order valence-corrected chi connectivity index (χ4v) is 2.20. The van der Waals surface area contributed by atoms with Crippen molar-refractivity contribution in [1.82, 2.24) is 5.32 Å². The minimum Gasteiger partial charge on any atom is -0.391 e. The summed E-state index contributed by atoms with van der Waals surface area (Å²) in [6.45, 7) is 3.91. The lowest BCUT2D eigenvalue weighted by Crippen LogP contribution is -2.35. The number of aliphatic hydroxyl groups excluding tert-OH is 1. The lowest BCUT2D eigenvalue weighted by molar-refractivity contribution is -0.123. The number of carbonyl (C=O) groups is 1. The Labute approximate surface area is 117 Å². The van der Waals surface area contributed by atoms with Crippen LogP contribution in [0.3, 0.4) is 0 Å². The molecule has 1 saturated carbocycles. The number of hydrogen-bond acceptors (Lipinski definition) is 2. The topological polar surface area (TPSA) is 49.3 Å². The lowest BCUT2D eigenvalue weighted by atomic mass is 10.1. The zero-order valence-electron chi connectivity index (χ0n) is 11.6. The van der Waals surface area contributed by atoms with Crippen molar-refractivity contribution in [2.24, 2.45) is 11.8 Å². The first-order chi connectivity index (χ1) is 9.40. The van der Waals surface area contributed by atoms with Gasteiger partial charge in [-0.15, -0.1) is 0 Å². The SMILES string of the molecule is CC(C)C(O)CNC(=O)C1CC1c1cc(F)ccc1F. The fourth-order valence-electron chi connectivity index (χ4n) is 2.20. The molecule has 1 aliphatic rings. The molecule has 0 spiro atoms. The second kappa shape index (κ2) is 5.87. The highest BCUT2D eigenvalue weighted by Crippen LogP contribution is 2.48. The van der Waals surface area contributed by atoms with E-state index in [2.05, 4.69) is 5.32 Å². The Hall–Kier alpha value is -1.49. The molecule has 110 valence electrons. The van der Waals surface area contributed by atoms with Crippen LogP contribution in [0.2, 0.25) is 0 Å². The van der Waals surface area contributed by atoms with Crippen LogP contribution in [0.1, 0.15) is 31.7 Å². The first-order valence-electron chi connectivity index (χ1n) is 6.81. The van der Waals surface area contributed by atoms with Crippen molar-refractivity contribution < 1.29 is 18.7 Å². The number of aliphatic hydroxyl groups is 1. The number of rotatable bonds is 5. The molecule has 2 N–H and O–H groups in total. The molecule has 0 heterocycles. The van der Waals surface area contributed by atoms with Crippen molar-refractivity contribution in [1.29, 1.82) is 0 Å². The van der Waals surface area contributed by atoms with Crippen LogP contribution >= 0.6 is 0 Å². The highest BCUT2D eigenvalue weighted by atomic mass is 19.1. The zero-order chi connectivity index (χ0) is 14.9. The quantitative estimate of drug-likeness (QED) is 0.870. The van der Waals surface area contributed by atoms with Crippen molar-refractivity contribution in [2.45, 2.75) is 32.3 Å². The maximum atomic E-state index is 13.6. The first kappa shape index (κ1) is 14.9. The molecule has 1 aromatic rings. The number of carbonyl (C=O) groups excluding carboxylic acids is 1. The number of halogens is 2. The van der Waals surface area contributed by atoms with Gasteiger partial charge in [0.05, 0.1) is 6.10 Å². The van der Waals surface area contributed by atoms with E-state index >= 15 is 0 Å². The normalized spacial score (nSPS) is 22.7. The average molecular weight is 283 g/mol. The van der Waals surface area contributed by atoms with E-state index in [1.54, 1.807) is 0 Å². The molecule has 2 rings (SSSR count). The molecule has 3 nitrogen and oxygen atoms in total. The van der Waals surface area contributed by atoms with Crippen LogP contribution in [0.4, 0.5) is 8.78 Å². The molecule has 3 unspecified atom stereocenters. The number of benzene rings is 1. The van der Waals surface area contributed by atoms with Crippen LogP contribution in [0.15, 0.2) is 18.2 Å². The monoisotopic (exact) mass is 283 g/mol. The van der Waals surface area contributed by atoms with Crippen LogP contribution in [-0.2, 0) is 4.79 Å². The summed E-state index contributed by atoms with van der Waals surface area (Å²) in [6, 6.07) is 3.30. The summed E-state index contributed by atoms with van der Waals surface area (Å²) in [5, 5.41) is 12.3. The molecule has 0 saturated heterocycles. The van der Waals surface area contributed by atoms with Gasteiger partial charge in [0.1, 0.15) is 11.6 Å². The Kier molecular flexibility index (Phi) is 4.38. The number of nitrogens with one attached hydrogen (secondary N) is 1. The summed E-state index contributed by atoms with van der Waals surface area (Å²) in [6.07, 6.45) is -0.0775. The summed E-state index contributed by atoms with van der Waals surface area (Å²) in [5.41, 5.74) is 0.259. The summed E-state index contributed by atoms with van der Waals surface area (Å²) in [5.74, 6) is -1.71. The molecule has 0 aliphatic heterocycles. The number of amides is 1. The predicted molar refractivity (Wildman–Crippen MR) is 71.1 cm³/mol. The van der Waals surface area contributed by atoms with E-state index in [-0.39, 0.29) is 35.8 Å². The van der Waals surface area contributed by atoms with Crippen molar-refractivity contribution in [3.8, 4) is 0 Å². The molecule has 1 amide bonds. The van der Waals surface area contributed by atoms with Gasteiger partial charge in [-0.1, -0.05) is 13.8 Å². The van der Waals surface area contributed by atoms with Gasteiger partial charge in [0.2, 0.25) is 5.91 Å². The molecule has 1 aliphatic carbocycles. The van der Waals surface area contributed by atoms with E-state index in [0.717, 1.165) is 18.2 Å². The molecule has 5 heteroatoms. The van der Waals surface area contributed by atoms with Crippen molar-refractivity contribution >= 4 is 5.91 Å². The van der Waals surface area contributed by atoms with Crippen LogP contribution in [-0.4, -0.2) is 23.7 Å². The van der Waals surface area contributed by atoms with Gasteiger partial charge in [0.15, 0.2) is 0 Å². The molecular formula is C15H19F2NO2.